The monoisotopic (exact) mass is 344 g/mol. The molecule has 0 saturated heterocycles. The Balaban J connectivity index is 1.62. The molecule has 0 spiro atoms. The highest BCUT2D eigenvalue weighted by Gasteiger charge is 2.07. The van der Waals surface area contributed by atoms with E-state index in [1.54, 1.807) is 0 Å². The number of fused-ring (bicyclic) bond motifs is 1. The summed E-state index contributed by atoms with van der Waals surface area (Å²) in [6.45, 7) is 0.362. The summed E-state index contributed by atoms with van der Waals surface area (Å²) in [5.41, 5.74) is 1.75. The number of carbonyl (C=O) groups is 1. The molecule has 3 aromatic rings. The van der Waals surface area contributed by atoms with E-state index in [2.05, 4.69) is 31.4 Å². The fourth-order valence-electron chi connectivity index (χ4n) is 2.04. The third-order valence-electron chi connectivity index (χ3n) is 3.11. The normalized spacial score (nSPS) is 10.7. The molecule has 0 bridgehead atoms. The Morgan fingerprint density at radius 1 is 1.14 bits per heavy atom. The largest absolute Gasteiger partial charge is 0.348 e. The second-order valence-corrected chi connectivity index (χ2v) is 5.54. The lowest BCUT2D eigenvalue weighted by Gasteiger charge is -2.04. The lowest BCUT2D eigenvalue weighted by molar-refractivity contribution is -0.120. The maximum atomic E-state index is 11.9. The van der Waals surface area contributed by atoms with Gasteiger partial charge in [0.2, 0.25) is 5.91 Å². The standard InChI is InChI=1S/C15H13BrN4O/c16-12-6-4-11(5-7-12)9-15(21)17-10-14-19-18-13-3-1-2-8-20(13)14/h1-8H,9-10H2,(H,17,21). The van der Waals surface area contributed by atoms with Gasteiger partial charge in [-0.1, -0.05) is 34.1 Å². The molecule has 0 saturated carbocycles. The van der Waals surface area contributed by atoms with Gasteiger partial charge in [-0.25, -0.2) is 0 Å². The molecule has 2 aromatic heterocycles. The second kappa shape index (κ2) is 6.05. The summed E-state index contributed by atoms with van der Waals surface area (Å²) < 4.78 is 2.86. The molecule has 0 atom stereocenters. The maximum Gasteiger partial charge on any atom is 0.224 e. The molecule has 3 rings (SSSR count). The van der Waals surface area contributed by atoms with Gasteiger partial charge in [0.15, 0.2) is 11.5 Å². The van der Waals surface area contributed by atoms with Crippen molar-refractivity contribution in [3.05, 3.63) is 64.5 Å². The van der Waals surface area contributed by atoms with Gasteiger partial charge in [-0.2, -0.15) is 0 Å². The highest BCUT2D eigenvalue weighted by molar-refractivity contribution is 9.10. The maximum absolute atomic E-state index is 11.9. The third kappa shape index (κ3) is 3.28. The minimum Gasteiger partial charge on any atom is -0.348 e. The number of aromatic nitrogens is 3. The van der Waals surface area contributed by atoms with E-state index in [4.69, 9.17) is 0 Å². The van der Waals surface area contributed by atoms with Gasteiger partial charge in [0, 0.05) is 10.7 Å². The van der Waals surface area contributed by atoms with Crippen molar-refractivity contribution in [3.8, 4) is 0 Å². The van der Waals surface area contributed by atoms with E-state index in [-0.39, 0.29) is 5.91 Å². The van der Waals surface area contributed by atoms with Gasteiger partial charge in [-0.3, -0.25) is 9.20 Å². The number of hydrogen-bond acceptors (Lipinski definition) is 3. The summed E-state index contributed by atoms with van der Waals surface area (Å²) >= 11 is 3.37. The van der Waals surface area contributed by atoms with E-state index in [1.165, 1.54) is 0 Å². The minimum absolute atomic E-state index is 0.0370. The van der Waals surface area contributed by atoms with E-state index in [9.17, 15) is 4.79 Å². The first-order valence-electron chi connectivity index (χ1n) is 6.52. The number of halogens is 1. The molecule has 106 valence electrons. The zero-order valence-electron chi connectivity index (χ0n) is 11.2. The quantitative estimate of drug-likeness (QED) is 0.790. The number of benzene rings is 1. The molecular formula is C15H13BrN4O. The van der Waals surface area contributed by atoms with Crippen LogP contribution in [0.15, 0.2) is 53.1 Å². The summed E-state index contributed by atoms with van der Waals surface area (Å²) in [6, 6.07) is 13.4. The van der Waals surface area contributed by atoms with Crippen LogP contribution < -0.4 is 5.32 Å². The van der Waals surface area contributed by atoms with Crippen LogP contribution in [-0.2, 0) is 17.8 Å². The molecule has 1 aromatic carbocycles. The van der Waals surface area contributed by atoms with Crippen LogP contribution >= 0.6 is 15.9 Å². The molecule has 6 heteroatoms. The molecule has 0 aliphatic rings. The smallest absolute Gasteiger partial charge is 0.224 e. The summed E-state index contributed by atoms with van der Waals surface area (Å²) in [6.07, 6.45) is 2.23. The lowest BCUT2D eigenvalue weighted by Crippen LogP contribution is -2.25. The lowest BCUT2D eigenvalue weighted by atomic mass is 10.1. The predicted molar refractivity (Wildman–Crippen MR) is 82.7 cm³/mol. The highest BCUT2D eigenvalue weighted by Crippen LogP contribution is 2.11. The predicted octanol–water partition coefficient (Wildman–Crippen LogP) is 2.35. The van der Waals surface area contributed by atoms with Crippen molar-refractivity contribution in [1.29, 1.82) is 0 Å². The average molecular weight is 345 g/mol. The first-order valence-corrected chi connectivity index (χ1v) is 7.31. The topological polar surface area (TPSA) is 59.3 Å². The van der Waals surface area contributed by atoms with Gasteiger partial charge in [0.1, 0.15) is 0 Å². The Hall–Kier alpha value is -2.21. The summed E-state index contributed by atoms with van der Waals surface area (Å²) in [7, 11) is 0. The van der Waals surface area contributed by atoms with Crippen LogP contribution in [0.5, 0.6) is 0 Å². The first kappa shape index (κ1) is 13.8. The van der Waals surface area contributed by atoms with Crippen molar-refractivity contribution >= 4 is 27.5 Å². The van der Waals surface area contributed by atoms with Crippen LogP contribution in [-0.4, -0.2) is 20.5 Å². The van der Waals surface area contributed by atoms with Crippen LogP contribution in [0.25, 0.3) is 5.65 Å². The minimum atomic E-state index is -0.0370. The molecular weight excluding hydrogens is 332 g/mol. The van der Waals surface area contributed by atoms with E-state index in [1.807, 2.05) is 53.1 Å². The fourth-order valence-corrected chi connectivity index (χ4v) is 2.30. The van der Waals surface area contributed by atoms with Crippen molar-refractivity contribution in [1.82, 2.24) is 19.9 Å². The number of nitrogens with zero attached hydrogens (tertiary/aromatic N) is 3. The number of hydrogen-bond donors (Lipinski definition) is 1. The highest BCUT2D eigenvalue weighted by atomic mass is 79.9. The molecule has 21 heavy (non-hydrogen) atoms. The Morgan fingerprint density at radius 3 is 2.76 bits per heavy atom. The second-order valence-electron chi connectivity index (χ2n) is 4.63. The van der Waals surface area contributed by atoms with E-state index in [0.717, 1.165) is 21.5 Å². The molecule has 0 unspecified atom stereocenters. The van der Waals surface area contributed by atoms with Crippen LogP contribution in [0.4, 0.5) is 0 Å². The molecule has 0 fully saturated rings. The van der Waals surface area contributed by atoms with E-state index >= 15 is 0 Å². The Labute approximate surface area is 130 Å². The average Bonchev–Trinajstić information content (AvgIpc) is 2.91. The fraction of sp³-hybridized carbons (Fsp3) is 0.133. The Kier molecular flexibility index (Phi) is 3.96. The number of carbonyl (C=O) groups excluding carboxylic acids is 1. The van der Waals surface area contributed by atoms with Crippen molar-refractivity contribution in [2.45, 2.75) is 13.0 Å². The van der Waals surface area contributed by atoms with Gasteiger partial charge in [-0.05, 0) is 29.8 Å². The van der Waals surface area contributed by atoms with Crippen molar-refractivity contribution < 1.29 is 4.79 Å². The zero-order chi connectivity index (χ0) is 14.7. The SMILES string of the molecule is O=C(Cc1ccc(Br)cc1)NCc1nnc2ccccn12. The third-order valence-corrected chi connectivity index (χ3v) is 3.63. The molecule has 1 N–H and O–H groups in total. The van der Waals surface area contributed by atoms with E-state index in [0.29, 0.717) is 13.0 Å². The van der Waals surface area contributed by atoms with Crippen molar-refractivity contribution in [2.75, 3.05) is 0 Å². The zero-order valence-corrected chi connectivity index (χ0v) is 12.7. The molecule has 0 aliphatic heterocycles. The molecule has 2 heterocycles. The van der Waals surface area contributed by atoms with Crippen LogP contribution in [0.3, 0.4) is 0 Å². The summed E-state index contributed by atoms with van der Waals surface area (Å²) in [4.78, 5) is 11.9. The van der Waals surface area contributed by atoms with Gasteiger partial charge in [-0.15, -0.1) is 10.2 Å². The molecule has 1 amide bonds. The first-order chi connectivity index (χ1) is 10.2. The number of amides is 1. The van der Waals surface area contributed by atoms with Gasteiger partial charge in [0.25, 0.3) is 0 Å². The summed E-state index contributed by atoms with van der Waals surface area (Å²) in [5, 5.41) is 11.0. The van der Waals surface area contributed by atoms with Gasteiger partial charge in [0.05, 0.1) is 13.0 Å². The van der Waals surface area contributed by atoms with Crippen LogP contribution in [0.2, 0.25) is 0 Å². The summed E-state index contributed by atoms with van der Waals surface area (Å²) in [5.74, 6) is 0.680. The Morgan fingerprint density at radius 2 is 1.95 bits per heavy atom. The van der Waals surface area contributed by atoms with Crippen LogP contribution in [0.1, 0.15) is 11.4 Å². The van der Waals surface area contributed by atoms with Gasteiger partial charge >= 0.3 is 0 Å². The number of pyridine rings is 1. The van der Waals surface area contributed by atoms with Crippen LogP contribution in [0, 0.1) is 0 Å². The molecule has 0 radical (unpaired) electrons. The molecule has 0 aliphatic carbocycles. The van der Waals surface area contributed by atoms with Gasteiger partial charge < -0.3 is 5.32 Å². The number of rotatable bonds is 4. The van der Waals surface area contributed by atoms with Crippen molar-refractivity contribution in [3.63, 3.8) is 0 Å². The number of nitrogens with one attached hydrogen (secondary N) is 1. The Bertz CT molecular complexity index is 767. The van der Waals surface area contributed by atoms with E-state index < -0.39 is 0 Å². The molecule has 5 nitrogen and oxygen atoms in total. The van der Waals surface area contributed by atoms with Crippen molar-refractivity contribution in [2.24, 2.45) is 0 Å².